The SMILES string of the molecule is CC(C)C1CCCN(S(=O)(=O)CCCCO)CC1. The van der Waals surface area contributed by atoms with E-state index in [9.17, 15) is 8.42 Å². The Bertz CT molecular complexity index is 327. The summed E-state index contributed by atoms with van der Waals surface area (Å²) in [5.41, 5.74) is 0. The molecule has 0 radical (unpaired) electrons. The van der Waals surface area contributed by atoms with E-state index in [1.54, 1.807) is 4.31 Å². The second-order valence-corrected chi connectivity index (χ2v) is 7.67. The van der Waals surface area contributed by atoms with E-state index < -0.39 is 10.0 Å². The van der Waals surface area contributed by atoms with Crippen LogP contribution in [0, 0.1) is 11.8 Å². The fraction of sp³-hybridized carbons (Fsp3) is 1.00. The minimum absolute atomic E-state index is 0.0743. The normalized spacial score (nSPS) is 23.2. The molecule has 1 N–H and O–H groups in total. The third-order valence-corrected chi connectivity index (χ3v) is 5.83. The van der Waals surface area contributed by atoms with E-state index in [0.717, 1.165) is 19.3 Å². The van der Waals surface area contributed by atoms with Gasteiger partial charge in [-0.05, 0) is 43.9 Å². The summed E-state index contributed by atoms with van der Waals surface area (Å²) in [7, 11) is -3.11. The van der Waals surface area contributed by atoms with Gasteiger partial charge in [-0.1, -0.05) is 13.8 Å². The van der Waals surface area contributed by atoms with Crippen LogP contribution in [0.3, 0.4) is 0 Å². The largest absolute Gasteiger partial charge is 0.396 e. The maximum absolute atomic E-state index is 12.1. The Morgan fingerprint density at radius 1 is 1.22 bits per heavy atom. The number of hydrogen-bond donors (Lipinski definition) is 1. The first-order valence-electron chi connectivity index (χ1n) is 7.06. The fourth-order valence-corrected chi connectivity index (χ4v) is 4.18. The van der Waals surface area contributed by atoms with Crippen LogP contribution in [-0.2, 0) is 10.0 Å². The Morgan fingerprint density at radius 3 is 2.56 bits per heavy atom. The Morgan fingerprint density at radius 2 is 1.94 bits per heavy atom. The van der Waals surface area contributed by atoms with Crippen molar-refractivity contribution in [2.75, 3.05) is 25.4 Å². The van der Waals surface area contributed by atoms with Gasteiger partial charge in [-0.15, -0.1) is 0 Å². The molecule has 1 aliphatic heterocycles. The van der Waals surface area contributed by atoms with Crippen molar-refractivity contribution in [2.24, 2.45) is 11.8 Å². The summed E-state index contributed by atoms with van der Waals surface area (Å²) >= 11 is 0. The third-order valence-electron chi connectivity index (χ3n) is 3.88. The Hall–Kier alpha value is -0.130. The Labute approximate surface area is 111 Å². The van der Waals surface area contributed by atoms with Crippen LogP contribution in [-0.4, -0.2) is 43.3 Å². The molecule has 4 nitrogen and oxygen atoms in total. The van der Waals surface area contributed by atoms with E-state index in [1.807, 2.05) is 0 Å². The second-order valence-electron chi connectivity index (χ2n) is 5.58. The summed E-state index contributed by atoms with van der Waals surface area (Å²) < 4.78 is 25.9. The van der Waals surface area contributed by atoms with Crippen molar-refractivity contribution >= 4 is 10.0 Å². The lowest BCUT2D eigenvalue weighted by atomic mass is 9.89. The number of hydrogen-bond acceptors (Lipinski definition) is 3. The van der Waals surface area contributed by atoms with Crippen LogP contribution in [0.25, 0.3) is 0 Å². The quantitative estimate of drug-likeness (QED) is 0.754. The molecule has 0 aliphatic carbocycles. The average molecular weight is 277 g/mol. The molecule has 0 spiro atoms. The van der Waals surface area contributed by atoms with Crippen LogP contribution in [0.5, 0.6) is 0 Å². The molecule has 0 aromatic rings. The topological polar surface area (TPSA) is 57.6 Å². The van der Waals surface area contributed by atoms with Crippen LogP contribution in [0.4, 0.5) is 0 Å². The summed E-state index contributed by atoms with van der Waals surface area (Å²) in [4.78, 5) is 0. The molecule has 1 saturated heterocycles. The predicted octanol–water partition coefficient (Wildman–Crippen LogP) is 1.85. The number of rotatable bonds is 6. The van der Waals surface area contributed by atoms with Gasteiger partial charge in [0.1, 0.15) is 0 Å². The molecule has 5 heteroatoms. The molecule has 1 aliphatic rings. The average Bonchev–Trinajstić information content (AvgIpc) is 2.55. The first-order chi connectivity index (χ1) is 8.47. The molecule has 1 rings (SSSR count). The molecule has 0 aromatic heterocycles. The van der Waals surface area contributed by atoms with Gasteiger partial charge in [-0.2, -0.15) is 0 Å². The lowest BCUT2D eigenvalue weighted by molar-refractivity contribution is 0.286. The van der Waals surface area contributed by atoms with E-state index >= 15 is 0 Å². The number of aliphatic hydroxyl groups is 1. The zero-order chi connectivity index (χ0) is 13.6. The van der Waals surface area contributed by atoms with Crippen molar-refractivity contribution < 1.29 is 13.5 Å². The van der Waals surface area contributed by atoms with E-state index in [2.05, 4.69) is 13.8 Å². The molecule has 0 saturated carbocycles. The highest BCUT2D eigenvalue weighted by atomic mass is 32.2. The van der Waals surface area contributed by atoms with Gasteiger partial charge in [0, 0.05) is 19.7 Å². The lowest BCUT2D eigenvalue weighted by Crippen LogP contribution is -2.34. The van der Waals surface area contributed by atoms with Gasteiger partial charge in [0.2, 0.25) is 10.0 Å². The number of sulfonamides is 1. The van der Waals surface area contributed by atoms with Gasteiger partial charge in [0.25, 0.3) is 0 Å². The molecule has 0 bridgehead atoms. The standard InChI is InChI=1S/C13H27NO3S/c1-12(2)13-6-5-8-14(9-7-13)18(16,17)11-4-3-10-15/h12-13,15H,3-11H2,1-2H3. The van der Waals surface area contributed by atoms with Gasteiger partial charge >= 0.3 is 0 Å². The van der Waals surface area contributed by atoms with Crippen molar-refractivity contribution in [3.8, 4) is 0 Å². The second kappa shape index (κ2) is 7.46. The van der Waals surface area contributed by atoms with Crippen LogP contribution in [0.1, 0.15) is 46.0 Å². The number of nitrogens with zero attached hydrogens (tertiary/aromatic N) is 1. The minimum atomic E-state index is -3.11. The van der Waals surface area contributed by atoms with Gasteiger partial charge in [-0.25, -0.2) is 12.7 Å². The summed E-state index contributed by atoms with van der Waals surface area (Å²) in [6.45, 7) is 5.85. The van der Waals surface area contributed by atoms with Crippen LogP contribution < -0.4 is 0 Å². The van der Waals surface area contributed by atoms with E-state index in [4.69, 9.17) is 5.11 Å². The zero-order valence-electron chi connectivity index (χ0n) is 11.6. The maximum atomic E-state index is 12.1. The number of unbranched alkanes of at least 4 members (excludes halogenated alkanes) is 1. The first-order valence-corrected chi connectivity index (χ1v) is 8.67. The molecule has 108 valence electrons. The van der Waals surface area contributed by atoms with E-state index in [1.165, 1.54) is 0 Å². The Kier molecular flexibility index (Phi) is 6.60. The van der Waals surface area contributed by atoms with Gasteiger partial charge < -0.3 is 5.11 Å². The molecule has 1 fully saturated rings. The smallest absolute Gasteiger partial charge is 0.214 e. The van der Waals surface area contributed by atoms with E-state index in [0.29, 0.717) is 37.8 Å². The van der Waals surface area contributed by atoms with E-state index in [-0.39, 0.29) is 12.4 Å². The molecular weight excluding hydrogens is 250 g/mol. The summed E-state index contributed by atoms with van der Waals surface area (Å²) in [6, 6.07) is 0. The molecule has 1 unspecified atom stereocenters. The van der Waals surface area contributed by atoms with Crippen molar-refractivity contribution in [2.45, 2.75) is 46.0 Å². The number of aliphatic hydroxyl groups excluding tert-OH is 1. The van der Waals surface area contributed by atoms with Crippen LogP contribution in [0.2, 0.25) is 0 Å². The Balaban J connectivity index is 2.51. The maximum Gasteiger partial charge on any atom is 0.214 e. The lowest BCUT2D eigenvalue weighted by Gasteiger charge is -2.21. The van der Waals surface area contributed by atoms with Gasteiger partial charge in [-0.3, -0.25) is 0 Å². The van der Waals surface area contributed by atoms with Crippen molar-refractivity contribution in [1.82, 2.24) is 4.31 Å². The minimum Gasteiger partial charge on any atom is -0.396 e. The molecule has 0 amide bonds. The summed E-state index contributed by atoms with van der Waals surface area (Å²) in [5.74, 6) is 1.48. The van der Waals surface area contributed by atoms with Crippen LogP contribution >= 0.6 is 0 Å². The monoisotopic (exact) mass is 277 g/mol. The third kappa shape index (κ3) is 4.86. The summed E-state index contributed by atoms with van der Waals surface area (Å²) in [6.07, 6.45) is 4.23. The molecule has 1 atom stereocenters. The molecule has 18 heavy (non-hydrogen) atoms. The zero-order valence-corrected chi connectivity index (χ0v) is 12.5. The van der Waals surface area contributed by atoms with Crippen LogP contribution in [0.15, 0.2) is 0 Å². The van der Waals surface area contributed by atoms with Crippen molar-refractivity contribution in [3.63, 3.8) is 0 Å². The van der Waals surface area contributed by atoms with Gasteiger partial charge in [0.05, 0.1) is 5.75 Å². The molecular formula is C13H27NO3S. The fourth-order valence-electron chi connectivity index (χ4n) is 2.57. The predicted molar refractivity (Wildman–Crippen MR) is 73.9 cm³/mol. The molecule has 1 heterocycles. The highest BCUT2D eigenvalue weighted by Crippen LogP contribution is 2.25. The highest BCUT2D eigenvalue weighted by molar-refractivity contribution is 7.89. The van der Waals surface area contributed by atoms with Gasteiger partial charge in [0.15, 0.2) is 0 Å². The highest BCUT2D eigenvalue weighted by Gasteiger charge is 2.26. The molecule has 0 aromatic carbocycles. The first kappa shape index (κ1) is 15.9. The van der Waals surface area contributed by atoms with Crippen molar-refractivity contribution in [1.29, 1.82) is 0 Å². The van der Waals surface area contributed by atoms with Crippen molar-refractivity contribution in [3.05, 3.63) is 0 Å². The summed E-state index contributed by atoms with van der Waals surface area (Å²) in [5, 5.41) is 8.71.